The highest BCUT2D eigenvalue weighted by Gasteiger charge is 1.97. The van der Waals surface area contributed by atoms with E-state index in [0.717, 1.165) is 0 Å². The average Bonchev–Trinajstić information content (AvgIpc) is 1.82. The van der Waals surface area contributed by atoms with E-state index in [2.05, 4.69) is 0 Å². The van der Waals surface area contributed by atoms with Crippen molar-refractivity contribution in [1.29, 1.82) is 0 Å². The van der Waals surface area contributed by atoms with Gasteiger partial charge in [0.25, 0.3) is 0 Å². The quantitative estimate of drug-likeness (QED) is 0.507. The van der Waals surface area contributed by atoms with Gasteiger partial charge in [-0.3, -0.25) is 4.79 Å². The number of carbonyl (C=O) groups is 1. The standard InChI is InChI=1S/C7H13NO/c1-4-5-6-7(9)8(2)3/h4-5H,6H2,1-3H3/b5-4+. The van der Waals surface area contributed by atoms with Crippen LogP contribution in [0.1, 0.15) is 13.3 Å². The molecule has 0 aliphatic heterocycles. The molecule has 52 valence electrons. The lowest BCUT2D eigenvalue weighted by atomic mass is 10.3. The minimum absolute atomic E-state index is 0.146. The zero-order valence-corrected chi connectivity index (χ0v) is 6.22. The monoisotopic (exact) mass is 127 g/mol. The van der Waals surface area contributed by atoms with E-state index in [1.807, 2.05) is 19.1 Å². The molecule has 2 nitrogen and oxygen atoms in total. The molecule has 0 aromatic heterocycles. The SMILES string of the molecule is C/C=C/CC(=O)N(C)C. The van der Waals surface area contributed by atoms with Crippen LogP contribution in [0.3, 0.4) is 0 Å². The van der Waals surface area contributed by atoms with Crippen molar-refractivity contribution < 1.29 is 4.79 Å². The molecule has 0 fully saturated rings. The number of nitrogens with zero attached hydrogens (tertiary/aromatic N) is 1. The molecule has 0 N–H and O–H groups in total. The van der Waals surface area contributed by atoms with E-state index in [-0.39, 0.29) is 5.91 Å². The molecule has 0 aromatic rings. The van der Waals surface area contributed by atoms with Gasteiger partial charge in [-0.1, -0.05) is 12.2 Å². The Labute approximate surface area is 56.2 Å². The number of hydrogen-bond acceptors (Lipinski definition) is 1. The summed E-state index contributed by atoms with van der Waals surface area (Å²) in [7, 11) is 3.51. The van der Waals surface area contributed by atoms with E-state index in [1.54, 1.807) is 19.0 Å². The number of carbonyl (C=O) groups excluding carboxylic acids is 1. The zero-order chi connectivity index (χ0) is 7.28. The van der Waals surface area contributed by atoms with Gasteiger partial charge in [0.1, 0.15) is 0 Å². The first-order valence-electron chi connectivity index (χ1n) is 2.99. The van der Waals surface area contributed by atoms with Gasteiger partial charge < -0.3 is 4.90 Å². The molecule has 9 heavy (non-hydrogen) atoms. The highest BCUT2D eigenvalue weighted by Crippen LogP contribution is 1.87. The number of amides is 1. The van der Waals surface area contributed by atoms with Gasteiger partial charge in [0.05, 0.1) is 0 Å². The lowest BCUT2D eigenvalue weighted by molar-refractivity contribution is -0.127. The van der Waals surface area contributed by atoms with Crippen LogP contribution in [0, 0.1) is 0 Å². The molecular weight excluding hydrogens is 114 g/mol. The Kier molecular flexibility index (Phi) is 3.76. The van der Waals surface area contributed by atoms with Crippen LogP contribution in [-0.4, -0.2) is 24.9 Å². The van der Waals surface area contributed by atoms with Crippen LogP contribution in [0.15, 0.2) is 12.2 Å². The first kappa shape index (κ1) is 8.21. The van der Waals surface area contributed by atoms with Crippen molar-refractivity contribution in [2.24, 2.45) is 0 Å². The third-order valence-corrected chi connectivity index (χ3v) is 1.03. The lowest BCUT2D eigenvalue weighted by Crippen LogP contribution is -2.20. The van der Waals surface area contributed by atoms with Gasteiger partial charge in [0.2, 0.25) is 5.91 Å². The summed E-state index contributed by atoms with van der Waals surface area (Å²) in [5.74, 6) is 0.146. The van der Waals surface area contributed by atoms with Crippen LogP contribution in [0.5, 0.6) is 0 Å². The second kappa shape index (κ2) is 4.13. The van der Waals surface area contributed by atoms with E-state index in [1.165, 1.54) is 0 Å². The topological polar surface area (TPSA) is 20.3 Å². The Balaban J connectivity index is 3.51. The summed E-state index contributed by atoms with van der Waals surface area (Å²) >= 11 is 0. The van der Waals surface area contributed by atoms with E-state index >= 15 is 0 Å². The third-order valence-electron chi connectivity index (χ3n) is 1.03. The maximum absolute atomic E-state index is 10.8. The second-order valence-corrected chi connectivity index (χ2v) is 2.06. The normalized spacial score (nSPS) is 10.1. The van der Waals surface area contributed by atoms with Gasteiger partial charge >= 0.3 is 0 Å². The molecule has 0 bridgehead atoms. The van der Waals surface area contributed by atoms with E-state index in [4.69, 9.17) is 0 Å². The molecule has 0 aliphatic rings. The Bertz CT molecular complexity index is 116. The Hall–Kier alpha value is -0.790. The van der Waals surface area contributed by atoms with Crippen LogP contribution in [0.2, 0.25) is 0 Å². The van der Waals surface area contributed by atoms with Crippen molar-refractivity contribution in [3.8, 4) is 0 Å². The van der Waals surface area contributed by atoms with Crippen molar-refractivity contribution in [1.82, 2.24) is 4.90 Å². The van der Waals surface area contributed by atoms with Crippen molar-refractivity contribution in [2.75, 3.05) is 14.1 Å². The molecule has 0 aromatic carbocycles. The van der Waals surface area contributed by atoms with Crippen LogP contribution in [0.25, 0.3) is 0 Å². The highest BCUT2D eigenvalue weighted by molar-refractivity contribution is 5.76. The summed E-state index contributed by atoms with van der Waals surface area (Å²) in [5.41, 5.74) is 0. The van der Waals surface area contributed by atoms with Crippen molar-refractivity contribution in [3.05, 3.63) is 12.2 Å². The van der Waals surface area contributed by atoms with Gasteiger partial charge in [-0.05, 0) is 6.92 Å². The molecular formula is C7H13NO. The van der Waals surface area contributed by atoms with Crippen LogP contribution < -0.4 is 0 Å². The summed E-state index contributed by atoms with van der Waals surface area (Å²) in [4.78, 5) is 12.4. The predicted octanol–water partition coefficient (Wildman–Crippen LogP) is 1.04. The first-order valence-corrected chi connectivity index (χ1v) is 2.99. The Morgan fingerprint density at radius 3 is 2.44 bits per heavy atom. The van der Waals surface area contributed by atoms with E-state index < -0.39 is 0 Å². The Morgan fingerprint density at radius 2 is 2.11 bits per heavy atom. The number of hydrogen-bond donors (Lipinski definition) is 0. The maximum atomic E-state index is 10.8. The smallest absolute Gasteiger partial charge is 0.225 e. The minimum Gasteiger partial charge on any atom is -0.349 e. The predicted molar refractivity (Wildman–Crippen MR) is 38.1 cm³/mol. The molecule has 1 amide bonds. The molecule has 0 rings (SSSR count). The van der Waals surface area contributed by atoms with E-state index in [9.17, 15) is 4.79 Å². The fraction of sp³-hybridized carbons (Fsp3) is 0.571. The van der Waals surface area contributed by atoms with Gasteiger partial charge in [0.15, 0.2) is 0 Å². The summed E-state index contributed by atoms with van der Waals surface area (Å²) in [6.45, 7) is 1.91. The summed E-state index contributed by atoms with van der Waals surface area (Å²) in [6, 6.07) is 0. The van der Waals surface area contributed by atoms with E-state index in [0.29, 0.717) is 6.42 Å². The highest BCUT2D eigenvalue weighted by atomic mass is 16.2. The van der Waals surface area contributed by atoms with Gasteiger partial charge in [-0.2, -0.15) is 0 Å². The molecule has 0 aliphatic carbocycles. The van der Waals surface area contributed by atoms with Gasteiger partial charge in [-0.25, -0.2) is 0 Å². The lowest BCUT2D eigenvalue weighted by Gasteiger charge is -2.06. The van der Waals surface area contributed by atoms with Crippen LogP contribution in [-0.2, 0) is 4.79 Å². The molecule has 0 spiro atoms. The number of rotatable bonds is 2. The van der Waals surface area contributed by atoms with Crippen molar-refractivity contribution in [3.63, 3.8) is 0 Å². The molecule has 0 heterocycles. The van der Waals surface area contributed by atoms with Crippen LogP contribution in [0.4, 0.5) is 0 Å². The first-order chi connectivity index (χ1) is 4.18. The third kappa shape index (κ3) is 3.76. The summed E-state index contributed by atoms with van der Waals surface area (Å²) < 4.78 is 0. The second-order valence-electron chi connectivity index (χ2n) is 2.06. The number of allylic oxidation sites excluding steroid dienone is 1. The molecule has 0 radical (unpaired) electrons. The molecule has 0 atom stereocenters. The van der Waals surface area contributed by atoms with Crippen molar-refractivity contribution in [2.45, 2.75) is 13.3 Å². The molecule has 0 saturated carbocycles. The molecule has 2 heteroatoms. The zero-order valence-electron chi connectivity index (χ0n) is 6.22. The largest absolute Gasteiger partial charge is 0.349 e. The fourth-order valence-electron chi connectivity index (χ4n) is 0.401. The van der Waals surface area contributed by atoms with Crippen LogP contribution >= 0.6 is 0 Å². The summed E-state index contributed by atoms with van der Waals surface area (Å²) in [6.07, 6.45) is 4.24. The van der Waals surface area contributed by atoms with Crippen molar-refractivity contribution >= 4 is 5.91 Å². The minimum atomic E-state index is 0.146. The Morgan fingerprint density at radius 1 is 1.56 bits per heavy atom. The fourth-order valence-corrected chi connectivity index (χ4v) is 0.401. The summed E-state index contributed by atoms with van der Waals surface area (Å²) in [5, 5.41) is 0. The average molecular weight is 127 g/mol. The van der Waals surface area contributed by atoms with Gasteiger partial charge in [0, 0.05) is 20.5 Å². The molecule has 0 saturated heterocycles. The van der Waals surface area contributed by atoms with Gasteiger partial charge in [-0.15, -0.1) is 0 Å². The molecule has 0 unspecified atom stereocenters. The maximum Gasteiger partial charge on any atom is 0.225 e.